The highest BCUT2D eigenvalue weighted by Gasteiger charge is 2.27. The van der Waals surface area contributed by atoms with Gasteiger partial charge in [0.05, 0.1) is 13.2 Å². The number of hydrogen-bond acceptors (Lipinski definition) is 12. The Hall–Kier alpha value is -3.18. The SMILES string of the molecule is CCCCOC(=O)[C@H](C)OC(=O)[C@H](C)OC(=O)CCCCC(=O)O[C@H](C)C(=O)O[C@H](C)C(=O)OCCCC. The van der Waals surface area contributed by atoms with Crippen LogP contribution in [0.15, 0.2) is 0 Å². The first-order chi connectivity index (χ1) is 17.9. The summed E-state index contributed by atoms with van der Waals surface area (Å²) in [5.74, 6) is -4.49. The van der Waals surface area contributed by atoms with Gasteiger partial charge in [-0.05, 0) is 53.4 Å². The maximum absolute atomic E-state index is 12.0. The van der Waals surface area contributed by atoms with Gasteiger partial charge in [0.25, 0.3) is 0 Å². The molecule has 0 saturated carbocycles. The molecule has 0 aromatic heterocycles. The Labute approximate surface area is 224 Å². The fourth-order valence-corrected chi connectivity index (χ4v) is 2.65. The third-order valence-electron chi connectivity index (χ3n) is 5.03. The van der Waals surface area contributed by atoms with Gasteiger partial charge in [0.2, 0.25) is 0 Å². The van der Waals surface area contributed by atoms with Crippen molar-refractivity contribution in [1.82, 2.24) is 0 Å². The van der Waals surface area contributed by atoms with Crippen molar-refractivity contribution in [1.29, 1.82) is 0 Å². The van der Waals surface area contributed by atoms with Crippen molar-refractivity contribution in [2.75, 3.05) is 13.2 Å². The van der Waals surface area contributed by atoms with Crippen molar-refractivity contribution in [3.63, 3.8) is 0 Å². The van der Waals surface area contributed by atoms with Gasteiger partial charge in [-0.3, -0.25) is 9.59 Å². The van der Waals surface area contributed by atoms with Crippen LogP contribution in [-0.2, 0) is 57.2 Å². The molecule has 0 amide bonds. The van der Waals surface area contributed by atoms with E-state index in [9.17, 15) is 28.8 Å². The predicted molar refractivity (Wildman–Crippen MR) is 132 cm³/mol. The minimum atomic E-state index is -1.23. The van der Waals surface area contributed by atoms with Crippen LogP contribution in [0.4, 0.5) is 0 Å². The Morgan fingerprint density at radius 1 is 0.474 bits per heavy atom. The first-order valence-corrected chi connectivity index (χ1v) is 13.1. The van der Waals surface area contributed by atoms with Crippen molar-refractivity contribution >= 4 is 35.8 Å². The first kappa shape index (κ1) is 34.8. The number of carbonyl (C=O) groups is 6. The first-order valence-electron chi connectivity index (χ1n) is 13.1. The minimum Gasteiger partial charge on any atom is -0.463 e. The smallest absolute Gasteiger partial charge is 0.347 e. The van der Waals surface area contributed by atoms with Crippen molar-refractivity contribution in [2.45, 2.75) is 117 Å². The highest BCUT2D eigenvalue weighted by atomic mass is 16.6. The molecule has 0 bridgehead atoms. The van der Waals surface area contributed by atoms with E-state index in [4.69, 9.17) is 28.4 Å². The van der Waals surface area contributed by atoms with Gasteiger partial charge in [-0.2, -0.15) is 0 Å². The Bertz CT molecular complexity index is 714. The summed E-state index contributed by atoms with van der Waals surface area (Å²) < 4.78 is 29.9. The number of rotatable bonds is 19. The molecular formula is C26H42O12. The van der Waals surface area contributed by atoms with Crippen LogP contribution in [-0.4, -0.2) is 73.4 Å². The number of carbonyl (C=O) groups excluding carboxylic acids is 6. The zero-order chi connectivity index (χ0) is 29.1. The quantitative estimate of drug-likeness (QED) is 0.133. The van der Waals surface area contributed by atoms with E-state index in [2.05, 4.69) is 0 Å². The van der Waals surface area contributed by atoms with E-state index in [1.807, 2.05) is 13.8 Å². The van der Waals surface area contributed by atoms with Crippen LogP contribution >= 0.6 is 0 Å². The van der Waals surface area contributed by atoms with Crippen LogP contribution in [0.1, 0.15) is 92.9 Å². The second kappa shape index (κ2) is 19.9. The maximum atomic E-state index is 12.0. The van der Waals surface area contributed by atoms with Gasteiger partial charge in [0, 0.05) is 12.8 Å². The topological polar surface area (TPSA) is 158 Å². The van der Waals surface area contributed by atoms with E-state index in [0.29, 0.717) is 12.8 Å². The number of ether oxygens (including phenoxy) is 6. The summed E-state index contributed by atoms with van der Waals surface area (Å²) in [5, 5.41) is 0. The lowest BCUT2D eigenvalue weighted by molar-refractivity contribution is -0.177. The molecule has 218 valence electrons. The van der Waals surface area contributed by atoms with Crippen LogP contribution < -0.4 is 0 Å². The molecule has 0 aromatic rings. The van der Waals surface area contributed by atoms with Gasteiger partial charge in [-0.15, -0.1) is 0 Å². The molecule has 0 N–H and O–H groups in total. The molecule has 0 saturated heterocycles. The lowest BCUT2D eigenvalue weighted by Crippen LogP contribution is -2.33. The van der Waals surface area contributed by atoms with E-state index >= 15 is 0 Å². The lowest BCUT2D eigenvalue weighted by Gasteiger charge is -2.17. The van der Waals surface area contributed by atoms with Gasteiger partial charge >= 0.3 is 35.8 Å². The third-order valence-corrected chi connectivity index (χ3v) is 5.03. The Kier molecular flexibility index (Phi) is 18.2. The zero-order valence-electron chi connectivity index (χ0n) is 23.3. The van der Waals surface area contributed by atoms with E-state index in [0.717, 1.165) is 12.8 Å². The lowest BCUT2D eigenvalue weighted by atomic mass is 10.2. The highest BCUT2D eigenvalue weighted by Crippen LogP contribution is 2.09. The molecule has 0 aliphatic rings. The average Bonchev–Trinajstić information content (AvgIpc) is 2.86. The molecule has 4 atom stereocenters. The average molecular weight is 547 g/mol. The van der Waals surface area contributed by atoms with E-state index in [-0.39, 0.29) is 38.9 Å². The summed E-state index contributed by atoms with van der Waals surface area (Å²) in [6.07, 6.45) is -1.26. The van der Waals surface area contributed by atoms with Crippen LogP contribution in [0, 0.1) is 0 Å². The van der Waals surface area contributed by atoms with Crippen LogP contribution in [0.3, 0.4) is 0 Å². The zero-order valence-corrected chi connectivity index (χ0v) is 23.3. The Morgan fingerprint density at radius 3 is 1.11 bits per heavy atom. The van der Waals surface area contributed by atoms with Crippen molar-refractivity contribution in [2.24, 2.45) is 0 Å². The molecule has 0 radical (unpaired) electrons. The summed E-state index contributed by atoms with van der Waals surface area (Å²) in [7, 11) is 0. The second-order valence-electron chi connectivity index (χ2n) is 8.67. The monoisotopic (exact) mass is 546 g/mol. The van der Waals surface area contributed by atoms with Gasteiger partial charge in [-0.1, -0.05) is 26.7 Å². The van der Waals surface area contributed by atoms with Gasteiger partial charge in [0.15, 0.2) is 24.4 Å². The predicted octanol–water partition coefficient (Wildman–Crippen LogP) is 2.96. The molecule has 0 aliphatic heterocycles. The molecular weight excluding hydrogens is 504 g/mol. The molecule has 0 spiro atoms. The minimum absolute atomic E-state index is 0.0746. The summed E-state index contributed by atoms with van der Waals surface area (Å²) in [6.45, 7) is 9.71. The molecule has 0 aromatic carbocycles. The molecule has 0 rings (SSSR count). The van der Waals surface area contributed by atoms with Crippen LogP contribution in [0.5, 0.6) is 0 Å². The molecule has 38 heavy (non-hydrogen) atoms. The number of esters is 6. The standard InChI is InChI=1S/C26H42O12/c1-7-9-15-33-23(29)17(3)37-25(31)19(5)35-21(27)13-11-12-14-22(28)36-20(6)26(32)38-18(4)24(30)34-16-10-8-2/h17-20H,7-16H2,1-6H3/t17-,18+,19-,20+. The van der Waals surface area contributed by atoms with Crippen LogP contribution in [0.25, 0.3) is 0 Å². The summed E-state index contributed by atoms with van der Waals surface area (Å²) in [5.41, 5.74) is 0. The van der Waals surface area contributed by atoms with E-state index in [1.54, 1.807) is 0 Å². The Balaban J connectivity index is 4.21. The van der Waals surface area contributed by atoms with Crippen molar-refractivity contribution in [3.8, 4) is 0 Å². The van der Waals surface area contributed by atoms with E-state index < -0.39 is 60.2 Å². The normalized spacial score (nSPS) is 13.7. The molecule has 12 heteroatoms. The summed E-state index contributed by atoms with van der Waals surface area (Å²) in [4.78, 5) is 71.5. The fourth-order valence-electron chi connectivity index (χ4n) is 2.65. The van der Waals surface area contributed by atoms with Crippen molar-refractivity contribution < 1.29 is 57.2 Å². The van der Waals surface area contributed by atoms with Crippen molar-refractivity contribution in [3.05, 3.63) is 0 Å². The third kappa shape index (κ3) is 15.8. The molecule has 12 nitrogen and oxygen atoms in total. The molecule has 0 aliphatic carbocycles. The Morgan fingerprint density at radius 2 is 0.789 bits per heavy atom. The van der Waals surface area contributed by atoms with Gasteiger partial charge in [0.1, 0.15) is 0 Å². The maximum Gasteiger partial charge on any atom is 0.347 e. The molecule has 0 heterocycles. The van der Waals surface area contributed by atoms with Gasteiger partial charge in [-0.25, -0.2) is 19.2 Å². The summed E-state index contributed by atoms with van der Waals surface area (Å²) >= 11 is 0. The molecule has 0 unspecified atom stereocenters. The molecule has 0 fully saturated rings. The van der Waals surface area contributed by atoms with Gasteiger partial charge < -0.3 is 28.4 Å². The second-order valence-corrected chi connectivity index (χ2v) is 8.67. The van der Waals surface area contributed by atoms with E-state index in [1.165, 1.54) is 27.7 Å². The fraction of sp³-hybridized carbons (Fsp3) is 0.769. The summed E-state index contributed by atoms with van der Waals surface area (Å²) in [6, 6.07) is 0. The number of hydrogen-bond donors (Lipinski definition) is 0. The largest absolute Gasteiger partial charge is 0.463 e. The van der Waals surface area contributed by atoms with Crippen LogP contribution in [0.2, 0.25) is 0 Å². The highest BCUT2D eigenvalue weighted by molar-refractivity contribution is 5.83. The number of unbranched alkanes of at least 4 members (excludes halogenated alkanes) is 3.